The van der Waals surface area contributed by atoms with Gasteiger partial charge in [-0.1, -0.05) is 29.8 Å². The molecule has 4 nitrogen and oxygen atoms in total. The lowest BCUT2D eigenvalue weighted by Gasteiger charge is -2.47. The summed E-state index contributed by atoms with van der Waals surface area (Å²) >= 11 is 0. The maximum absolute atomic E-state index is 10.9. The van der Waals surface area contributed by atoms with Gasteiger partial charge in [-0.2, -0.15) is 0 Å². The summed E-state index contributed by atoms with van der Waals surface area (Å²) in [5.74, 6) is 0.419. The van der Waals surface area contributed by atoms with Gasteiger partial charge in [0.2, 0.25) is 0 Å². The van der Waals surface area contributed by atoms with Crippen molar-refractivity contribution in [1.29, 1.82) is 0 Å². The highest BCUT2D eigenvalue weighted by atomic mass is 16.3. The molecule has 3 N–H and O–H groups in total. The Labute approximate surface area is 142 Å². The maximum Gasteiger partial charge on any atom is 0.0946 e. The zero-order valence-corrected chi connectivity index (χ0v) is 14.4. The highest BCUT2D eigenvalue weighted by molar-refractivity contribution is 5.85. The summed E-state index contributed by atoms with van der Waals surface area (Å²) in [5, 5.41) is 22.2. The average molecular weight is 326 g/mol. The van der Waals surface area contributed by atoms with Crippen LogP contribution in [0.15, 0.2) is 35.9 Å². The smallest absolute Gasteiger partial charge is 0.0946 e. The molecule has 0 unspecified atom stereocenters. The van der Waals surface area contributed by atoms with Gasteiger partial charge >= 0.3 is 0 Å². The van der Waals surface area contributed by atoms with Crippen molar-refractivity contribution in [2.24, 2.45) is 11.8 Å². The first-order chi connectivity index (χ1) is 11.6. The predicted molar refractivity (Wildman–Crippen MR) is 95.8 cm³/mol. The van der Waals surface area contributed by atoms with Gasteiger partial charge in [0.25, 0.3) is 0 Å². The predicted octanol–water partition coefficient (Wildman–Crippen LogP) is 2.63. The molecule has 2 heterocycles. The van der Waals surface area contributed by atoms with E-state index in [9.17, 15) is 10.2 Å². The molecule has 0 radical (unpaired) electrons. The minimum Gasteiger partial charge on any atom is -0.396 e. The summed E-state index contributed by atoms with van der Waals surface area (Å²) in [4.78, 5) is 5.82. The van der Waals surface area contributed by atoms with Crippen molar-refractivity contribution >= 4 is 10.9 Å². The SMILES string of the molecule is C/C=C1/CN(C)[C@H]2Cc3c([nH]c4ccccc34)[C@H](O)C[C@@H]1[C@@H]2CO. The molecule has 4 heteroatoms. The lowest BCUT2D eigenvalue weighted by molar-refractivity contribution is 0.0288. The molecule has 1 fully saturated rings. The lowest BCUT2D eigenvalue weighted by Crippen LogP contribution is -2.52. The highest BCUT2D eigenvalue weighted by Gasteiger charge is 2.42. The van der Waals surface area contributed by atoms with Gasteiger partial charge < -0.3 is 15.2 Å². The molecule has 4 rings (SSSR count). The Hall–Kier alpha value is -1.62. The monoisotopic (exact) mass is 326 g/mol. The minimum atomic E-state index is -0.509. The molecule has 2 aromatic rings. The third-order valence-electron chi connectivity index (χ3n) is 6.14. The highest BCUT2D eigenvalue weighted by Crippen LogP contribution is 2.43. The molecule has 1 aromatic carbocycles. The van der Waals surface area contributed by atoms with Gasteiger partial charge in [-0.25, -0.2) is 0 Å². The molecule has 1 aliphatic heterocycles. The number of aliphatic hydroxyl groups excluding tert-OH is 2. The number of para-hydroxylation sites is 1. The standard InChI is InChI=1S/C20H26N2O2/c1-3-12-10-22(2)18-8-15-13-6-4-5-7-17(13)21-20(15)19(24)9-14(12)16(18)11-23/h3-7,14,16,18-19,21,23-24H,8-11H2,1-2H3/b12-3-/t14-,16-,18-,19+/m0/s1. The summed E-state index contributed by atoms with van der Waals surface area (Å²) in [7, 11) is 2.15. The van der Waals surface area contributed by atoms with Crippen LogP contribution < -0.4 is 0 Å². The number of nitrogens with one attached hydrogen (secondary N) is 1. The molecule has 2 bridgehead atoms. The first-order valence-corrected chi connectivity index (χ1v) is 8.87. The van der Waals surface area contributed by atoms with E-state index in [1.165, 1.54) is 16.5 Å². The molecule has 4 atom stereocenters. The molecular weight excluding hydrogens is 300 g/mol. The number of aromatic amines is 1. The van der Waals surface area contributed by atoms with Crippen molar-refractivity contribution in [3.63, 3.8) is 0 Å². The van der Waals surface area contributed by atoms with Crippen LogP contribution >= 0.6 is 0 Å². The Balaban J connectivity index is 1.87. The van der Waals surface area contributed by atoms with Crippen LogP contribution in [0.25, 0.3) is 10.9 Å². The van der Waals surface area contributed by atoms with E-state index in [4.69, 9.17) is 0 Å². The number of piperidine rings is 1. The summed E-state index contributed by atoms with van der Waals surface area (Å²) in [5.41, 5.74) is 4.61. The van der Waals surface area contributed by atoms with Crippen LogP contribution in [0.4, 0.5) is 0 Å². The van der Waals surface area contributed by atoms with E-state index in [1.54, 1.807) is 0 Å². The van der Waals surface area contributed by atoms with Crippen molar-refractivity contribution in [3.8, 4) is 0 Å². The molecule has 128 valence electrons. The van der Waals surface area contributed by atoms with E-state index in [0.29, 0.717) is 12.5 Å². The van der Waals surface area contributed by atoms with Crippen LogP contribution in [0.2, 0.25) is 0 Å². The molecular formula is C20H26N2O2. The van der Waals surface area contributed by atoms with Crippen molar-refractivity contribution in [2.45, 2.75) is 31.9 Å². The Morgan fingerprint density at radius 2 is 2.12 bits per heavy atom. The quantitative estimate of drug-likeness (QED) is 0.706. The Bertz CT molecular complexity index is 779. The number of benzene rings is 1. The fraction of sp³-hybridized carbons (Fsp3) is 0.500. The van der Waals surface area contributed by atoms with E-state index in [2.05, 4.69) is 48.1 Å². The number of hydrogen-bond acceptors (Lipinski definition) is 3. The number of likely N-dealkylation sites (N-methyl/N-ethyl adjacent to an activating group) is 1. The second-order valence-electron chi connectivity index (χ2n) is 7.32. The summed E-state index contributed by atoms with van der Waals surface area (Å²) in [6, 6.07) is 8.58. The van der Waals surface area contributed by atoms with Gasteiger partial charge in [-0.15, -0.1) is 0 Å². The van der Waals surface area contributed by atoms with Crippen molar-refractivity contribution < 1.29 is 10.2 Å². The van der Waals surface area contributed by atoms with Gasteiger partial charge in [0.1, 0.15) is 0 Å². The molecule has 1 aromatic heterocycles. The van der Waals surface area contributed by atoms with Crippen molar-refractivity contribution in [1.82, 2.24) is 9.88 Å². The van der Waals surface area contributed by atoms with Crippen LogP contribution in [-0.2, 0) is 6.42 Å². The lowest BCUT2D eigenvalue weighted by atomic mass is 9.70. The number of fused-ring (bicyclic) bond motifs is 5. The number of rotatable bonds is 1. The molecule has 0 saturated carbocycles. The molecule has 1 saturated heterocycles. The normalized spacial score (nSPS) is 32.6. The number of hydrogen-bond donors (Lipinski definition) is 3. The number of likely N-dealkylation sites (tertiary alicyclic amines) is 1. The van der Waals surface area contributed by atoms with Crippen LogP contribution in [0.3, 0.4) is 0 Å². The zero-order valence-electron chi connectivity index (χ0n) is 14.4. The van der Waals surface area contributed by atoms with Crippen LogP contribution in [0.1, 0.15) is 30.7 Å². The van der Waals surface area contributed by atoms with Crippen LogP contribution in [-0.4, -0.2) is 46.3 Å². The fourth-order valence-electron chi connectivity index (χ4n) is 4.87. The van der Waals surface area contributed by atoms with Crippen LogP contribution in [0, 0.1) is 11.8 Å². The van der Waals surface area contributed by atoms with Crippen molar-refractivity contribution in [3.05, 3.63) is 47.2 Å². The average Bonchev–Trinajstić information content (AvgIpc) is 2.95. The number of allylic oxidation sites excluding steroid dienone is 1. The maximum atomic E-state index is 10.9. The van der Waals surface area contributed by atoms with E-state index in [0.717, 1.165) is 24.2 Å². The van der Waals surface area contributed by atoms with Gasteiger partial charge in [0, 0.05) is 41.7 Å². The molecule has 0 amide bonds. The molecule has 24 heavy (non-hydrogen) atoms. The second-order valence-corrected chi connectivity index (χ2v) is 7.32. The Morgan fingerprint density at radius 1 is 1.33 bits per heavy atom. The first-order valence-electron chi connectivity index (χ1n) is 8.87. The number of aliphatic hydroxyl groups is 2. The largest absolute Gasteiger partial charge is 0.396 e. The van der Waals surface area contributed by atoms with Gasteiger partial charge in [0.15, 0.2) is 0 Å². The summed E-state index contributed by atoms with van der Waals surface area (Å²) in [6.07, 6.45) is 3.20. The molecule has 0 spiro atoms. The zero-order chi connectivity index (χ0) is 16.8. The van der Waals surface area contributed by atoms with Gasteiger partial charge in [0.05, 0.1) is 6.10 Å². The summed E-state index contributed by atoms with van der Waals surface area (Å²) < 4.78 is 0. The van der Waals surface area contributed by atoms with E-state index < -0.39 is 6.10 Å². The first kappa shape index (κ1) is 15.9. The van der Waals surface area contributed by atoms with E-state index >= 15 is 0 Å². The third-order valence-corrected chi connectivity index (χ3v) is 6.14. The van der Waals surface area contributed by atoms with Gasteiger partial charge in [-0.3, -0.25) is 4.90 Å². The number of nitrogens with zero attached hydrogens (tertiary/aromatic N) is 1. The second kappa shape index (κ2) is 6.03. The number of aromatic nitrogens is 1. The van der Waals surface area contributed by atoms with Crippen molar-refractivity contribution in [2.75, 3.05) is 20.2 Å². The van der Waals surface area contributed by atoms with Crippen LogP contribution in [0.5, 0.6) is 0 Å². The summed E-state index contributed by atoms with van der Waals surface area (Å²) in [6.45, 7) is 3.16. The Kier molecular flexibility index (Phi) is 3.99. The molecule has 1 aliphatic carbocycles. The fourth-order valence-corrected chi connectivity index (χ4v) is 4.87. The van der Waals surface area contributed by atoms with E-state index in [1.807, 2.05) is 6.07 Å². The van der Waals surface area contributed by atoms with E-state index in [-0.39, 0.29) is 18.4 Å². The third kappa shape index (κ3) is 2.32. The Morgan fingerprint density at radius 3 is 2.88 bits per heavy atom. The minimum absolute atomic E-state index is 0.168. The molecule has 2 aliphatic rings. The topological polar surface area (TPSA) is 59.5 Å². The number of H-pyrrole nitrogens is 1. The van der Waals surface area contributed by atoms with Gasteiger partial charge in [-0.05, 0) is 44.4 Å².